The van der Waals surface area contributed by atoms with Crippen molar-refractivity contribution in [2.45, 2.75) is 25.3 Å². The summed E-state index contributed by atoms with van der Waals surface area (Å²) in [6.45, 7) is 3.32. The smallest absolute Gasteiger partial charge is 0.244 e. The fourth-order valence-electron chi connectivity index (χ4n) is 4.79. The van der Waals surface area contributed by atoms with E-state index < -0.39 is 0 Å². The van der Waals surface area contributed by atoms with Crippen molar-refractivity contribution in [2.75, 3.05) is 25.1 Å². The number of nitrogens with one attached hydrogen (secondary N) is 1. The van der Waals surface area contributed by atoms with Gasteiger partial charge in [0.1, 0.15) is 5.75 Å². The van der Waals surface area contributed by atoms with Crippen LogP contribution in [0.1, 0.15) is 29.2 Å². The first-order chi connectivity index (χ1) is 17.1. The van der Waals surface area contributed by atoms with E-state index in [9.17, 15) is 4.79 Å². The summed E-state index contributed by atoms with van der Waals surface area (Å²) in [5.41, 5.74) is 5.15. The molecule has 1 fully saturated rings. The molecule has 0 saturated carbocycles. The first kappa shape index (κ1) is 22.9. The summed E-state index contributed by atoms with van der Waals surface area (Å²) in [6, 6.07) is 26.6. The van der Waals surface area contributed by atoms with Crippen LogP contribution in [0.5, 0.6) is 5.75 Å². The molecule has 1 unspecified atom stereocenters. The number of rotatable bonds is 8. The Kier molecular flexibility index (Phi) is 6.64. The van der Waals surface area contributed by atoms with E-state index in [1.807, 2.05) is 52.9 Å². The summed E-state index contributed by atoms with van der Waals surface area (Å²) < 4.78 is 7.58. The van der Waals surface area contributed by atoms with Crippen LogP contribution in [0.3, 0.4) is 0 Å². The van der Waals surface area contributed by atoms with Gasteiger partial charge in [-0.05, 0) is 36.6 Å². The van der Waals surface area contributed by atoms with Gasteiger partial charge in [-0.25, -0.2) is 4.98 Å². The molecule has 1 aliphatic rings. The molecule has 0 spiro atoms. The lowest BCUT2D eigenvalue weighted by Crippen LogP contribution is -2.40. The first-order valence-corrected chi connectivity index (χ1v) is 12.0. The minimum Gasteiger partial charge on any atom is -0.494 e. The molecule has 1 aromatic heterocycles. The van der Waals surface area contributed by atoms with Crippen molar-refractivity contribution < 1.29 is 9.53 Å². The van der Waals surface area contributed by atoms with Gasteiger partial charge in [-0.3, -0.25) is 4.79 Å². The second kappa shape index (κ2) is 10.2. The highest BCUT2D eigenvalue weighted by molar-refractivity contribution is 5.99. The zero-order valence-corrected chi connectivity index (χ0v) is 20.1. The van der Waals surface area contributed by atoms with Gasteiger partial charge in [-0.15, -0.1) is 0 Å². The average Bonchev–Trinajstić information content (AvgIpc) is 3.50. The Labute approximate surface area is 206 Å². The van der Waals surface area contributed by atoms with Gasteiger partial charge in [-0.1, -0.05) is 60.7 Å². The largest absolute Gasteiger partial charge is 0.494 e. The number of hydrogen-bond donors (Lipinski definition) is 1. The van der Waals surface area contributed by atoms with E-state index in [1.54, 1.807) is 13.4 Å². The molecule has 1 saturated heterocycles. The van der Waals surface area contributed by atoms with Gasteiger partial charge in [0.05, 0.1) is 30.9 Å². The molecule has 1 atom stereocenters. The lowest BCUT2D eigenvalue weighted by atomic mass is 9.91. The standard InChI is InChI=1S/C29H30N4O2/c1-21-19-32(20-31-21)27-14-13-24(17-28(27)35-2)33-16-15-26(29(33)34)30-18-25(22-9-5-3-6-10-22)23-11-7-4-8-12-23/h3-14,17,19-20,25-26,30H,15-16,18H2,1-2H3. The molecule has 6 nitrogen and oxygen atoms in total. The number of ether oxygens (including phenoxy) is 1. The predicted molar refractivity (Wildman–Crippen MR) is 138 cm³/mol. The summed E-state index contributed by atoms with van der Waals surface area (Å²) in [4.78, 5) is 19.5. The van der Waals surface area contributed by atoms with Crippen molar-refractivity contribution in [2.24, 2.45) is 0 Å². The summed E-state index contributed by atoms with van der Waals surface area (Å²) >= 11 is 0. The van der Waals surface area contributed by atoms with Crippen LogP contribution in [-0.2, 0) is 4.79 Å². The number of carbonyl (C=O) groups excluding carboxylic acids is 1. The third-order valence-corrected chi connectivity index (χ3v) is 6.64. The number of anilines is 1. The normalized spacial score (nSPS) is 15.7. The number of carbonyl (C=O) groups is 1. The minimum absolute atomic E-state index is 0.0955. The van der Waals surface area contributed by atoms with E-state index >= 15 is 0 Å². The minimum atomic E-state index is -0.216. The average molecular weight is 467 g/mol. The van der Waals surface area contributed by atoms with Crippen molar-refractivity contribution in [3.63, 3.8) is 0 Å². The number of hydrogen-bond acceptors (Lipinski definition) is 4. The lowest BCUT2D eigenvalue weighted by Gasteiger charge is -2.22. The maximum atomic E-state index is 13.4. The number of benzene rings is 3. The molecular weight excluding hydrogens is 436 g/mol. The van der Waals surface area contributed by atoms with Crippen molar-refractivity contribution in [3.8, 4) is 11.4 Å². The van der Waals surface area contributed by atoms with E-state index in [0.29, 0.717) is 18.8 Å². The van der Waals surface area contributed by atoms with Crippen LogP contribution in [0.25, 0.3) is 5.69 Å². The van der Waals surface area contributed by atoms with Crippen LogP contribution in [0.4, 0.5) is 5.69 Å². The molecule has 1 aliphatic heterocycles. The SMILES string of the molecule is COc1cc(N2CCC(NCC(c3ccccc3)c3ccccc3)C2=O)ccc1-n1cnc(C)c1. The molecule has 3 aromatic carbocycles. The first-order valence-electron chi connectivity index (χ1n) is 12.0. The number of imidazole rings is 1. The van der Waals surface area contributed by atoms with E-state index in [2.05, 4.69) is 58.8 Å². The van der Waals surface area contributed by atoms with Crippen LogP contribution >= 0.6 is 0 Å². The molecular formula is C29H30N4O2. The third kappa shape index (κ3) is 4.84. The molecule has 6 heteroatoms. The molecule has 0 bridgehead atoms. The predicted octanol–water partition coefficient (Wildman–Crippen LogP) is 4.72. The number of aromatic nitrogens is 2. The Morgan fingerprint density at radius 2 is 1.71 bits per heavy atom. The van der Waals surface area contributed by atoms with E-state index in [4.69, 9.17) is 4.74 Å². The van der Waals surface area contributed by atoms with Crippen LogP contribution in [0, 0.1) is 6.92 Å². The van der Waals surface area contributed by atoms with Crippen molar-refractivity contribution in [1.29, 1.82) is 0 Å². The fourth-order valence-corrected chi connectivity index (χ4v) is 4.79. The Morgan fingerprint density at radius 3 is 2.31 bits per heavy atom. The summed E-state index contributed by atoms with van der Waals surface area (Å²) in [7, 11) is 1.65. The van der Waals surface area contributed by atoms with E-state index in [0.717, 1.165) is 23.5 Å². The van der Waals surface area contributed by atoms with Crippen LogP contribution in [0.2, 0.25) is 0 Å². The third-order valence-electron chi connectivity index (χ3n) is 6.64. The number of aryl methyl sites for hydroxylation is 1. The Bertz CT molecular complexity index is 1250. The topological polar surface area (TPSA) is 59.4 Å². The molecule has 178 valence electrons. The monoisotopic (exact) mass is 466 g/mol. The quantitative estimate of drug-likeness (QED) is 0.408. The van der Waals surface area contributed by atoms with Crippen LogP contribution in [0.15, 0.2) is 91.4 Å². The van der Waals surface area contributed by atoms with Gasteiger partial charge >= 0.3 is 0 Å². The van der Waals surface area contributed by atoms with Crippen LogP contribution in [-0.4, -0.2) is 41.7 Å². The number of nitrogens with zero attached hydrogens (tertiary/aromatic N) is 3. The molecule has 4 aromatic rings. The highest BCUT2D eigenvalue weighted by atomic mass is 16.5. The lowest BCUT2D eigenvalue weighted by molar-refractivity contribution is -0.118. The summed E-state index contributed by atoms with van der Waals surface area (Å²) in [5, 5.41) is 3.56. The van der Waals surface area contributed by atoms with Crippen LogP contribution < -0.4 is 15.0 Å². The van der Waals surface area contributed by atoms with Crippen molar-refractivity contribution in [1.82, 2.24) is 14.9 Å². The van der Waals surface area contributed by atoms with Gasteiger partial charge in [0.25, 0.3) is 0 Å². The van der Waals surface area contributed by atoms with Crippen molar-refractivity contribution in [3.05, 3.63) is 108 Å². The van der Waals surface area contributed by atoms with E-state index in [-0.39, 0.29) is 17.9 Å². The van der Waals surface area contributed by atoms with Gasteiger partial charge < -0.3 is 19.5 Å². The van der Waals surface area contributed by atoms with E-state index in [1.165, 1.54) is 11.1 Å². The molecule has 0 aliphatic carbocycles. The fraction of sp³-hybridized carbons (Fsp3) is 0.241. The highest BCUT2D eigenvalue weighted by Crippen LogP contribution is 2.31. The Balaban J connectivity index is 1.31. The zero-order valence-electron chi connectivity index (χ0n) is 20.1. The molecule has 1 N–H and O–H groups in total. The highest BCUT2D eigenvalue weighted by Gasteiger charge is 2.33. The Morgan fingerprint density at radius 1 is 1.03 bits per heavy atom. The summed E-state index contributed by atoms with van der Waals surface area (Å²) in [6.07, 6.45) is 4.48. The molecule has 35 heavy (non-hydrogen) atoms. The van der Waals surface area contributed by atoms with Gasteiger partial charge in [0.15, 0.2) is 0 Å². The van der Waals surface area contributed by atoms with Gasteiger partial charge in [0.2, 0.25) is 5.91 Å². The Hall–Kier alpha value is -3.90. The molecule has 0 radical (unpaired) electrons. The zero-order chi connectivity index (χ0) is 24.2. The van der Waals surface area contributed by atoms with Gasteiger partial charge in [-0.2, -0.15) is 0 Å². The molecule has 2 heterocycles. The second-order valence-electron chi connectivity index (χ2n) is 8.89. The second-order valence-corrected chi connectivity index (χ2v) is 8.89. The van der Waals surface area contributed by atoms with Crippen molar-refractivity contribution >= 4 is 11.6 Å². The summed E-state index contributed by atoms with van der Waals surface area (Å²) in [5.74, 6) is 0.979. The number of methoxy groups -OCH3 is 1. The van der Waals surface area contributed by atoms with Gasteiger partial charge in [0, 0.05) is 37.0 Å². The maximum absolute atomic E-state index is 13.4. The molecule has 5 rings (SSSR count). The number of amides is 1. The maximum Gasteiger partial charge on any atom is 0.244 e. The molecule has 1 amide bonds.